The molecule has 3 nitrogen and oxygen atoms in total. The van der Waals surface area contributed by atoms with E-state index in [1.807, 2.05) is 6.92 Å². The first-order valence-corrected chi connectivity index (χ1v) is 5.81. The van der Waals surface area contributed by atoms with Crippen molar-refractivity contribution in [3.05, 3.63) is 47.8 Å². The number of halogens is 1. The zero-order chi connectivity index (χ0) is 13.4. The Morgan fingerprint density at radius 2 is 2.28 bits per heavy atom. The van der Waals surface area contributed by atoms with E-state index in [4.69, 9.17) is 4.74 Å². The summed E-state index contributed by atoms with van der Waals surface area (Å²) >= 11 is 0. The van der Waals surface area contributed by atoms with E-state index in [9.17, 15) is 9.18 Å². The molecule has 1 aromatic rings. The predicted octanol–water partition coefficient (Wildman–Crippen LogP) is 2.08. The van der Waals surface area contributed by atoms with Crippen LogP contribution in [-0.4, -0.2) is 25.7 Å². The van der Waals surface area contributed by atoms with Crippen LogP contribution in [0.5, 0.6) is 0 Å². The van der Waals surface area contributed by atoms with Gasteiger partial charge in [0.25, 0.3) is 0 Å². The smallest absolute Gasteiger partial charge is 0.224 e. The number of benzene rings is 1. The molecule has 0 spiro atoms. The third-order valence-corrected chi connectivity index (χ3v) is 2.17. The fraction of sp³-hybridized carbons (Fsp3) is 0.357. The summed E-state index contributed by atoms with van der Waals surface area (Å²) in [6.45, 7) is 6.97. The fourth-order valence-corrected chi connectivity index (χ4v) is 1.40. The Bertz CT molecular complexity index is 418. The largest absolute Gasteiger partial charge is 0.375 e. The molecule has 0 unspecified atom stereocenters. The molecule has 0 radical (unpaired) electrons. The number of hydrogen-bond acceptors (Lipinski definition) is 2. The lowest BCUT2D eigenvalue weighted by molar-refractivity contribution is -0.120. The number of rotatable bonds is 7. The van der Waals surface area contributed by atoms with E-state index in [0.29, 0.717) is 25.3 Å². The molecular formula is C14H18FNO2. The highest BCUT2D eigenvalue weighted by molar-refractivity contribution is 5.78. The third kappa shape index (κ3) is 6.15. The van der Waals surface area contributed by atoms with Crippen molar-refractivity contribution < 1.29 is 13.9 Å². The summed E-state index contributed by atoms with van der Waals surface area (Å²) in [5.74, 6) is -0.468. The van der Waals surface area contributed by atoms with Gasteiger partial charge in [0.1, 0.15) is 5.82 Å². The van der Waals surface area contributed by atoms with Gasteiger partial charge in [-0.15, -0.1) is 0 Å². The number of amides is 1. The summed E-state index contributed by atoms with van der Waals surface area (Å²) in [5.41, 5.74) is 1.61. The van der Waals surface area contributed by atoms with Crippen LogP contribution in [0.15, 0.2) is 36.4 Å². The van der Waals surface area contributed by atoms with E-state index in [2.05, 4.69) is 11.9 Å². The number of carbonyl (C=O) groups is 1. The maximum atomic E-state index is 12.9. The highest BCUT2D eigenvalue weighted by Crippen LogP contribution is 2.03. The minimum absolute atomic E-state index is 0.139. The van der Waals surface area contributed by atoms with Gasteiger partial charge in [-0.25, -0.2) is 4.39 Å². The molecule has 4 heteroatoms. The second-order valence-corrected chi connectivity index (χ2v) is 4.17. The van der Waals surface area contributed by atoms with Crippen LogP contribution in [0.1, 0.15) is 12.5 Å². The topological polar surface area (TPSA) is 38.3 Å². The summed E-state index contributed by atoms with van der Waals surface area (Å²) in [5, 5.41) is 2.71. The van der Waals surface area contributed by atoms with Crippen LogP contribution in [0.25, 0.3) is 0 Å². The molecule has 98 valence electrons. The Balaban J connectivity index is 2.20. The van der Waals surface area contributed by atoms with E-state index < -0.39 is 0 Å². The molecule has 0 bridgehead atoms. The second-order valence-electron chi connectivity index (χ2n) is 4.17. The van der Waals surface area contributed by atoms with Crippen LogP contribution in [-0.2, 0) is 16.0 Å². The lowest BCUT2D eigenvalue weighted by atomic mass is 10.1. The molecule has 0 aliphatic carbocycles. The van der Waals surface area contributed by atoms with Gasteiger partial charge in [-0.2, -0.15) is 0 Å². The maximum absolute atomic E-state index is 12.9. The van der Waals surface area contributed by atoms with Gasteiger partial charge in [0.2, 0.25) is 5.91 Å². The first-order chi connectivity index (χ1) is 8.58. The molecule has 0 saturated heterocycles. The van der Waals surface area contributed by atoms with Crippen molar-refractivity contribution in [1.82, 2.24) is 5.32 Å². The molecule has 18 heavy (non-hydrogen) atoms. The normalized spacial score (nSPS) is 10.1. The minimum atomic E-state index is -0.329. The first-order valence-electron chi connectivity index (χ1n) is 5.81. The SMILES string of the molecule is C=C(C)COCCNC(=O)Cc1cccc(F)c1. The van der Waals surface area contributed by atoms with Crippen LogP contribution in [0.2, 0.25) is 0 Å². The monoisotopic (exact) mass is 251 g/mol. The average molecular weight is 251 g/mol. The van der Waals surface area contributed by atoms with Crippen LogP contribution in [0.4, 0.5) is 4.39 Å². The molecule has 0 fully saturated rings. The number of carbonyl (C=O) groups excluding carboxylic acids is 1. The van der Waals surface area contributed by atoms with Crippen molar-refractivity contribution in [1.29, 1.82) is 0 Å². The van der Waals surface area contributed by atoms with Crippen LogP contribution >= 0.6 is 0 Å². The zero-order valence-electron chi connectivity index (χ0n) is 10.5. The van der Waals surface area contributed by atoms with E-state index in [1.165, 1.54) is 12.1 Å². The molecule has 0 atom stereocenters. The third-order valence-electron chi connectivity index (χ3n) is 2.17. The van der Waals surface area contributed by atoms with Crippen molar-refractivity contribution in [3.63, 3.8) is 0 Å². The Morgan fingerprint density at radius 1 is 1.50 bits per heavy atom. The molecular weight excluding hydrogens is 233 g/mol. The van der Waals surface area contributed by atoms with Crippen molar-refractivity contribution in [2.24, 2.45) is 0 Å². The lowest BCUT2D eigenvalue weighted by Crippen LogP contribution is -2.28. The maximum Gasteiger partial charge on any atom is 0.224 e. The lowest BCUT2D eigenvalue weighted by Gasteiger charge is -2.06. The molecule has 0 aromatic heterocycles. The van der Waals surface area contributed by atoms with Crippen LogP contribution in [0, 0.1) is 5.82 Å². The van der Waals surface area contributed by atoms with Gasteiger partial charge in [-0.1, -0.05) is 24.3 Å². The van der Waals surface area contributed by atoms with E-state index in [0.717, 1.165) is 5.57 Å². The van der Waals surface area contributed by atoms with Gasteiger partial charge in [0.15, 0.2) is 0 Å². The molecule has 0 aliphatic rings. The Hall–Kier alpha value is -1.68. The molecule has 1 amide bonds. The van der Waals surface area contributed by atoms with Gasteiger partial charge >= 0.3 is 0 Å². The first kappa shape index (κ1) is 14.4. The Morgan fingerprint density at radius 3 is 2.94 bits per heavy atom. The molecule has 0 saturated carbocycles. The van der Waals surface area contributed by atoms with Crippen molar-refractivity contribution >= 4 is 5.91 Å². The Kier molecular flexibility index (Phi) is 6.08. The number of hydrogen-bond donors (Lipinski definition) is 1. The Labute approximate surface area is 107 Å². The van der Waals surface area contributed by atoms with E-state index >= 15 is 0 Å². The van der Waals surface area contributed by atoms with Gasteiger partial charge in [-0.05, 0) is 24.6 Å². The minimum Gasteiger partial charge on any atom is -0.375 e. The van der Waals surface area contributed by atoms with E-state index in [-0.39, 0.29) is 18.1 Å². The second kappa shape index (κ2) is 7.61. The van der Waals surface area contributed by atoms with Gasteiger partial charge in [-0.3, -0.25) is 4.79 Å². The highest BCUT2D eigenvalue weighted by atomic mass is 19.1. The molecule has 1 aromatic carbocycles. The van der Waals surface area contributed by atoms with E-state index in [1.54, 1.807) is 12.1 Å². The average Bonchev–Trinajstić information content (AvgIpc) is 2.28. The van der Waals surface area contributed by atoms with Crippen molar-refractivity contribution in [2.45, 2.75) is 13.3 Å². The summed E-state index contributed by atoms with van der Waals surface area (Å²) in [6, 6.07) is 6.03. The van der Waals surface area contributed by atoms with Gasteiger partial charge in [0.05, 0.1) is 19.6 Å². The molecule has 0 heterocycles. The standard InChI is InChI=1S/C14H18FNO2/c1-11(2)10-18-7-6-16-14(17)9-12-4-3-5-13(15)8-12/h3-5,8H,1,6-7,9-10H2,2H3,(H,16,17). The summed E-state index contributed by atoms with van der Waals surface area (Å²) in [7, 11) is 0. The molecule has 0 aliphatic heterocycles. The van der Waals surface area contributed by atoms with Gasteiger partial charge in [0, 0.05) is 6.54 Å². The van der Waals surface area contributed by atoms with Gasteiger partial charge < -0.3 is 10.1 Å². The summed E-state index contributed by atoms with van der Waals surface area (Å²) < 4.78 is 18.1. The van der Waals surface area contributed by atoms with Crippen LogP contribution < -0.4 is 5.32 Å². The zero-order valence-corrected chi connectivity index (χ0v) is 10.5. The van der Waals surface area contributed by atoms with Crippen molar-refractivity contribution in [3.8, 4) is 0 Å². The summed E-state index contributed by atoms with van der Waals surface area (Å²) in [6.07, 6.45) is 0.179. The quantitative estimate of drug-likeness (QED) is 0.595. The highest BCUT2D eigenvalue weighted by Gasteiger charge is 2.03. The fourth-order valence-electron chi connectivity index (χ4n) is 1.40. The number of nitrogens with one attached hydrogen (secondary N) is 1. The molecule has 1 N–H and O–H groups in total. The number of ether oxygens (including phenoxy) is 1. The molecule has 1 rings (SSSR count). The predicted molar refractivity (Wildman–Crippen MR) is 68.7 cm³/mol. The van der Waals surface area contributed by atoms with Crippen molar-refractivity contribution in [2.75, 3.05) is 19.8 Å². The summed E-state index contributed by atoms with van der Waals surface area (Å²) in [4.78, 5) is 11.5. The van der Waals surface area contributed by atoms with Crippen LogP contribution in [0.3, 0.4) is 0 Å².